The summed E-state index contributed by atoms with van der Waals surface area (Å²) < 4.78 is 79.7. The number of anilines is 1. The summed E-state index contributed by atoms with van der Waals surface area (Å²) in [6, 6.07) is 13.0. The van der Waals surface area contributed by atoms with Gasteiger partial charge in [-0.2, -0.15) is 8.75 Å². The van der Waals surface area contributed by atoms with Crippen LogP contribution in [0.25, 0.3) is 33.2 Å². The molecule has 8 nitrogen and oxygen atoms in total. The van der Waals surface area contributed by atoms with E-state index in [9.17, 15) is 22.3 Å². The Balaban J connectivity index is 1.39. The second-order valence-corrected chi connectivity index (χ2v) is 10.8. The van der Waals surface area contributed by atoms with Crippen molar-refractivity contribution >= 4 is 49.5 Å². The van der Waals surface area contributed by atoms with Crippen molar-refractivity contribution < 1.29 is 26.7 Å². The molecule has 6 aromatic rings. The molecular formula is C26H16F3N5O3S2. The van der Waals surface area contributed by atoms with Gasteiger partial charge in [-0.1, -0.05) is 12.1 Å². The molecule has 0 aliphatic rings. The van der Waals surface area contributed by atoms with Gasteiger partial charge in [-0.25, -0.2) is 26.6 Å². The van der Waals surface area contributed by atoms with E-state index in [4.69, 9.17) is 0 Å². The zero-order chi connectivity index (χ0) is 27.3. The molecule has 3 aromatic carbocycles. The second kappa shape index (κ2) is 9.45. The molecule has 39 heavy (non-hydrogen) atoms. The molecule has 0 fully saturated rings. The fourth-order valence-electron chi connectivity index (χ4n) is 4.26. The molecule has 0 radical (unpaired) electrons. The molecule has 1 unspecified atom stereocenters. The number of aliphatic hydroxyl groups excluding tert-OH is 1. The molecule has 3 N–H and O–H groups in total. The highest BCUT2D eigenvalue weighted by molar-refractivity contribution is 7.92. The van der Waals surface area contributed by atoms with E-state index < -0.39 is 49.7 Å². The van der Waals surface area contributed by atoms with Gasteiger partial charge in [-0.3, -0.25) is 4.72 Å². The molecule has 6 rings (SSSR count). The number of pyridine rings is 1. The SMILES string of the molecule is O=S(=O)(Nc1ccc(F)c(C(O)c2c[nH]c3ncc(-c4ccc5nsnc5c4)cc23)c1F)c1cccc(F)c1. The largest absolute Gasteiger partial charge is 0.383 e. The van der Waals surface area contributed by atoms with Gasteiger partial charge < -0.3 is 10.1 Å². The number of nitrogens with zero attached hydrogens (tertiary/aromatic N) is 3. The van der Waals surface area contributed by atoms with Gasteiger partial charge in [0.05, 0.1) is 27.9 Å². The molecule has 3 heterocycles. The lowest BCUT2D eigenvalue weighted by Gasteiger charge is -2.16. The van der Waals surface area contributed by atoms with E-state index in [-0.39, 0.29) is 5.56 Å². The number of benzene rings is 3. The van der Waals surface area contributed by atoms with Crippen LogP contribution < -0.4 is 4.72 Å². The molecule has 0 saturated carbocycles. The maximum absolute atomic E-state index is 15.5. The summed E-state index contributed by atoms with van der Waals surface area (Å²) >= 11 is 1.09. The molecule has 0 amide bonds. The number of aromatic amines is 1. The van der Waals surface area contributed by atoms with Crippen LogP contribution in [0.2, 0.25) is 0 Å². The van der Waals surface area contributed by atoms with Gasteiger partial charge in [0.15, 0.2) is 5.82 Å². The number of nitrogens with one attached hydrogen (secondary N) is 2. The Hall–Kier alpha value is -4.33. The van der Waals surface area contributed by atoms with Crippen molar-refractivity contribution in [3.05, 3.63) is 102 Å². The number of hydrogen-bond acceptors (Lipinski definition) is 7. The number of aliphatic hydroxyl groups is 1. The van der Waals surface area contributed by atoms with Crippen molar-refractivity contribution in [1.82, 2.24) is 18.7 Å². The van der Waals surface area contributed by atoms with Crippen molar-refractivity contribution in [1.29, 1.82) is 0 Å². The number of halogens is 3. The summed E-state index contributed by atoms with van der Waals surface area (Å²) in [5.41, 5.74) is 2.00. The van der Waals surface area contributed by atoms with E-state index in [1.54, 1.807) is 12.3 Å². The number of rotatable bonds is 6. The number of fused-ring (bicyclic) bond motifs is 2. The summed E-state index contributed by atoms with van der Waals surface area (Å²) in [6.45, 7) is 0. The highest BCUT2D eigenvalue weighted by Crippen LogP contribution is 2.36. The average Bonchev–Trinajstić information content (AvgIpc) is 3.56. The van der Waals surface area contributed by atoms with E-state index in [1.807, 2.05) is 22.9 Å². The molecular weight excluding hydrogens is 551 g/mol. The van der Waals surface area contributed by atoms with Crippen LogP contribution in [0.5, 0.6) is 0 Å². The number of hydrogen-bond donors (Lipinski definition) is 3. The number of aromatic nitrogens is 4. The Labute approximate surface area is 223 Å². The van der Waals surface area contributed by atoms with Crippen LogP contribution >= 0.6 is 11.7 Å². The van der Waals surface area contributed by atoms with Crippen molar-refractivity contribution in [2.75, 3.05) is 4.72 Å². The van der Waals surface area contributed by atoms with E-state index >= 15 is 4.39 Å². The molecule has 0 spiro atoms. The van der Waals surface area contributed by atoms with E-state index in [0.29, 0.717) is 22.1 Å². The zero-order valence-corrected chi connectivity index (χ0v) is 21.2. The standard InChI is InChI=1S/C26H16F3N5O3S2/c27-15-2-1-3-16(10-15)39(36,37)34-21-7-5-19(28)23(24(21)29)25(35)18-12-31-26-17(18)8-14(11-30-26)13-4-6-20-22(9-13)33-38-32-20/h1-12,25,34-35H,(H,30,31). The first-order chi connectivity index (χ1) is 18.7. The van der Waals surface area contributed by atoms with Gasteiger partial charge in [0, 0.05) is 28.9 Å². The van der Waals surface area contributed by atoms with Crippen molar-refractivity contribution in [2.45, 2.75) is 11.0 Å². The summed E-state index contributed by atoms with van der Waals surface area (Å²) in [5, 5.41) is 11.5. The molecule has 196 valence electrons. The maximum atomic E-state index is 15.5. The maximum Gasteiger partial charge on any atom is 0.262 e. The van der Waals surface area contributed by atoms with Crippen LogP contribution in [0.1, 0.15) is 17.2 Å². The summed E-state index contributed by atoms with van der Waals surface area (Å²) in [5.74, 6) is -3.21. The normalized spacial score (nSPS) is 12.7. The Kier molecular flexibility index (Phi) is 6.05. The smallest absolute Gasteiger partial charge is 0.262 e. The molecule has 1 atom stereocenters. The summed E-state index contributed by atoms with van der Waals surface area (Å²) in [4.78, 5) is 6.79. The Morgan fingerprint density at radius 1 is 0.949 bits per heavy atom. The first kappa shape index (κ1) is 25.0. The second-order valence-electron chi connectivity index (χ2n) is 8.62. The third-order valence-electron chi connectivity index (χ3n) is 6.20. The average molecular weight is 568 g/mol. The number of H-pyrrole nitrogens is 1. The van der Waals surface area contributed by atoms with Gasteiger partial charge in [0.1, 0.15) is 34.4 Å². The topological polar surface area (TPSA) is 121 Å². The van der Waals surface area contributed by atoms with Crippen LogP contribution in [-0.4, -0.2) is 32.2 Å². The minimum Gasteiger partial charge on any atom is -0.383 e. The lowest BCUT2D eigenvalue weighted by molar-refractivity contribution is 0.211. The zero-order valence-electron chi connectivity index (χ0n) is 19.6. The van der Waals surface area contributed by atoms with Crippen molar-refractivity contribution in [3.63, 3.8) is 0 Å². The highest BCUT2D eigenvalue weighted by Gasteiger charge is 2.27. The van der Waals surface area contributed by atoms with Gasteiger partial charge in [0.25, 0.3) is 10.0 Å². The molecule has 0 aliphatic heterocycles. The predicted octanol–water partition coefficient (Wildman–Crippen LogP) is 5.53. The monoisotopic (exact) mass is 567 g/mol. The van der Waals surface area contributed by atoms with E-state index in [0.717, 1.165) is 53.1 Å². The predicted molar refractivity (Wildman–Crippen MR) is 140 cm³/mol. The van der Waals surface area contributed by atoms with Gasteiger partial charge in [0.2, 0.25) is 0 Å². The third kappa shape index (κ3) is 4.50. The third-order valence-corrected chi connectivity index (χ3v) is 8.12. The molecule has 13 heteroatoms. The van der Waals surface area contributed by atoms with Crippen molar-refractivity contribution in [3.8, 4) is 11.1 Å². The van der Waals surface area contributed by atoms with E-state index in [2.05, 4.69) is 18.7 Å². The fourth-order valence-corrected chi connectivity index (χ4v) is 5.87. The Morgan fingerprint density at radius 2 is 1.77 bits per heavy atom. The minimum absolute atomic E-state index is 0.124. The van der Waals surface area contributed by atoms with Crippen LogP contribution in [0.4, 0.5) is 18.9 Å². The lowest BCUT2D eigenvalue weighted by Crippen LogP contribution is -2.16. The van der Waals surface area contributed by atoms with Gasteiger partial charge in [-0.05, 0) is 54.1 Å². The van der Waals surface area contributed by atoms with Crippen LogP contribution in [0.15, 0.2) is 78.0 Å². The van der Waals surface area contributed by atoms with Crippen LogP contribution in [0.3, 0.4) is 0 Å². The fraction of sp³-hybridized carbons (Fsp3) is 0.0385. The van der Waals surface area contributed by atoms with Crippen LogP contribution in [0, 0.1) is 17.5 Å². The Morgan fingerprint density at radius 3 is 2.59 bits per heavy atom. The first-order valence-corrected chi connectivity index (χ1v) is 13.6. The molecule has 0 saturated heterocycles. The number of sulfonamides is 1. The first-order valence-electron chi connectivity index (χ1n) is 11.4. The lowest BCUT2D eigenvalue weighted by atomic mass is 9.98. The minimum atomic E-state index is -4.41. The summed E-state index contributed by atoms with van der Waals surface area (Å²) in [7, 11) is -4.41. The van der Waals surface area contributed by atoms with Crippen molar-refractivity contribution in [2.24, 2.45) is 0 Å². The van der Waals surface area contributed by atoms with Gasteiger partial charge in [-0.15, -0.1) is 0 Å². The highest BCUT2D eigenvalue weighted by atomic mass is 32.2. The van der Waals surface area contributed by atoms with Gasteiger partial charge >= 0.3 is 0 Å². The molecule has 0 aliphatic carbocycles. The molecule has 0 bridgehead atoms. The Bertz CT molecular complexity index is 1990. The van der Waals surface area contributed by atoms with E-state index in [1.165, 1.54) is 12.3 Å². The molecule has 3 aromatic heterocycles. The quantitative estimate of drug-likeness (QED) is 0.243. The van der Waals surface area contributed by atoms with Crippen LogP contribution in [-0.2, 0) is 10.0 Å². The summed E-state index contributed by atoms with van der Waals surface area (Å²) in [6.07, 6.45) is 1.17.